The first-order valence-electron chi connectivity index (χ1n) is 37.1. The fourth-order valence-corrected chi connectivity index (χ4v) is 26.5. The van der Waals surface area contributed by atoms with Crippen molar-refractivity contribution in [1.82, 2.24) is 0 Å². The molecule has 24 unspecified atom stereocenters. The summed E-state index contributed by atoms with van der Waals surface area (Å²) in [6.45, 7) is 45.7. The Morgan fingerprint density at radius 2 is 0.722 bits per heavy atom. The molecule has 17 aliphatic rings. The van der Waals surface area contributed by atoms with E-state index in [0.717, 1.165) is 130 Å². The van der Waals surface area contributed by atoms with E-state index in [2.05, 4.69) is 118 Å². The van der Waals surface area contributed by atoms with Gasteiger partial charge in [0.05, 0.1) is 0 Å². The molecule has 24 atom stereocenters. The van der Waals surface area contributed by atoms with E-state index in [1.54, 1.807) is 122 Å². The van der Waals surface area contributed by atoms with Gasteiger partial charge < -0.3 is 0 Å². The summed E-state index contributed by atoms with van der Waals surface area (Å²) in [5.74, 6) is 28.0. The van der Waals surface area contributed by atoms with Crippen molar-refractivity contribution in [3.8, 4) is 0 Å². The Bertz CT molecular complexity index is 1930. The van der Waals surface area contributed by atoms with E-state index in [9.17, 15) is 0 Å². The predicted octanol–water partition coefficient (Wildman–Crippen LogP) is 24.1. The topological polar surface area (TPSA) is 0 Å². The van der Waals surface area contributed by atoms with Gasteiger partial charge >= 0.3 is 0 Å². The lowest BCUT2D eigenvalue weighted by Gasteiger charge is -2.43. The number of hydrogen-bond acceptors (Lipinski definition) is 0. The highest BCUT2D eigenvalue weighted by Crippen LogP contribution is 2.71. The summed E-state index contributed by atoms with van der Waals surface area (Å²) in [5.41, 5.74) is 3.60. The fourth-order valence-electron chi connectivity index (χ4n) is 26.5. The molecule has 0 radical (unpaired) electrons. The second-order valence-corrected chi connectivity index (χ2v) is 39.0. The third kappa shape index (κ3) is 12.6. The van der Waals surface area contributed by atoms with Crippen LogP contribution in [-0.4, -0.2) is 0 Å². The molecule has 0 aliphatic heterocycles. The van der Waals surface area contributed by atoms with Gasteiger partial charge in [0.15, 0.2) is 0 Å². The third-order valence-electron chi connectivity index (χ3n) is 29.9. The molecular weight excluding hydrogens is 949 g/mol. The predicted molar refractivity (Wildman–Crippen MR) is 344 cm³/mol. The van der Waals surface area contributed by atoms with Gasteiger partial charge in [-0.25, -0.2) is 0 Å². The van der Waals surface area contributed by atoms with Crippen molar-refractivity contribution in [2.45, 2.75) is 318 Å². The average Bonchev–Trinajstić information content (AvgIpc) is 4.43. The molecule has 0 aromatic heterocycles. The van der Waals surface area contributed by atoms with Crippen molar-refractivity contribution < 1.29 is 0 Å². The zero-order chi connectivity index (χ0) is 56.9. The summed E-state index contributed by atoms with van der Waals surface area (Å²) < 4.78 is 0. The molecule has 0 saturated heterocycles. The van der Waals surface area contributed by atoms with Gasteiger partial charge in [0, 0.05) is 0 Å². The molecule has 0 heterocycles. The lowest BCUT2D eigenvalue weighted by molar-refractivity contribution is 0.0502. The number of rotatable bonds is 0. The van der Waals surface area contributed by atoms with Crippen molar-refractivity contribution in [2.75, 3.05) is 0 Å². The maximum atomic E-state index is 2.52. The lowest BCUT2D eigenvalue weighted by atomic mass is 9.62. The lowest BCUT2D eigenvalue weighted by Crippen LogP contribution is -2.37. The van der Waals surface area contributed by atoms with E-state index < -0.39 is 0 Å². The zero-order valence-electron chi connectivity index (χ0n) is 56.9. The standard InChI is InChI=1S/C16H26.C15H26.C14H24.C11H18.C11H20.C10H20.C2H6/c1-16(2,3)13-8-11-7-12(13)15-10-5-4-9(6-10)14(11)15;1-15(2,3)14-9-10-8-13(14)12-7-5-4-6-11(10)12;1-14(2,3)13-8-9-7-12(13)11-6-4-5-10(9)11;1-11(2)9-4-7-3-8(6-9)10(11)5-7;1-11(2,3)10-7-8-4-5-9(10)6-8;1-10(2,3)9-7-5-4-6-8-9;1-2/h9-15H,4-8H2,1-3H3;10-14H,4-9H2,1-3H3;9-13H,4-8H2,1-3H3;7-10H,3-6H2,1-2H3;8-10H,4-7H2,1-3H3;9H,4-8H2,1-3H3;1-2H3. The fraction of sp³-hybridized carbons (Fsp3) is 1.00. The van der Waals surface area contributed by atoms with Gasteiger partial charge in [-0.05, 0) is 322 Å². The SMILES string of the molecule is CC.CC(C)(C)C1CC2CC1C1C3CCC(C3)C21.CC(C)(C)C1CC2CC1C1CCCC21.CC(C)(C)C1CC2CC1C1CCCCC21.CC(C)(C)C1CC2CCC1C2.CC(C)(C)C1CCCCC1.CC1(C)C2CC3CC(C2)C1C3. The Kier molecular flexibility index (Phi) is 18.5. The maximum absolute atomic E-state index is 2.52. The van der Waals surface area contributed by atoms with E-state index in [1.807, 2.05) is 13.8 Å². The molecule has 456 valence electrons. The second kappa shape index (κ2) is 23.6. The largest absolute Gasteiger partial charge is 0.0683 e. The van der Waals surface area contributed by atoms with Crippen molar-refractivity contribution in [3.05, 3.63) is 0 Å². The Morgan fingerprint density at radius 1 is 0.266 bits per heavy atom. The first-order valence-corrected chi connectivity index (χ1v) is 37.1. The molecule has 0 spiro atoms. The Labute approximate surface area is 495 Å². The molecule has 17 fully saturated rings. The van der Waals surface area contributed by atoms with Crippen molar-refractivity contribution in [1.29, 1.82) is 0 Å². The van der Waals surface area contributed by atoms with Gasteiger partial charge in [0.1, 0.15) is 0 Å². The molecule has 14 bridgehead atoms. The Morgan fingerprint density at radius 3 is 1.19 bits per heavy atom. The van der Waals surface area contributed by atoms with Crippen molar-refractivity contribution in [3.63, 3.8) is 0 Å². The van der Waals surface area contributed by atoms with Crippen LogP contribution in [0.5, 0.6) is 0 Å². The van der Waals surface area contributed by atoms with E-state index >= 15 is 0 Å². The number of hydrogen-bond donors (Lipinski definition) is 0. The molecule has 0 nitrogen and oxygen atoms in total. The minimum Gasteiger partial charge on any atom is -0.0683 e. The van der Waals surface area contributed by atoms with Crippen LogP contribution in [0.15, 0.2) is 0 Å². The third-order valence-corrected chi connectivity index (χ3v) is 29.9. The average molecular weight is 1090 g/mol. The molecule has 0 amide bonds. The number of fused-ring (bicyclic) bond motifs is 21. The Hall–Kier alpha value is 0. The van der Waals surface area contributed by atoms with Crippen molar-refractivity contribution >= 4 is 0 Å². The second-order valence-electron chi connectivity index (χ2n) is 39.0. The first kappa shape index (κ1) is 62.1. The van der Waals surface area contributed by atoms with Gasteiger partial charge in [-0.1, -0.05) is 176 Å². The van der Waals surface area contributed by atoms with Gasteiger partial charge in [0.25, 0.3) is 0 Å². The van der Waals surface area contributed by atoms with Crippen LogP contribution in [0.3, 0.4) is 0 Å². The molecule has 17 rings (SSSR count). The van der Waals surface area contributed by atoms with E-state index in [4.69, 9.17) is 0 Å². The van der Waals surface area contributed by atoms with Gasteiger partial charge in [-0.3, -0.25) is 0 Å². The van der Waals surface area contributed by atoms with Crippen LogP contribution in [0.4, 0.5) is 0 Å². The summed E-state index contributed by atoms with van der Waals surface area (Å²) in [5, 5.41) is 0. The smallest absolute Gasteiger partial charge is 0.0295 e. The summed E-state index contributed by atoms with van der Waals surface area (Å²) >= 11 is 0. The zero-order valence-corrected chi connectivity index (χ0v) is 56.9. The molecular formula is C79H140. The molecule has 17 aliphatic carbocycles. The molecule has 0 heteroatoms. The van der Waals surface area contributed by atoms with Gasteiger partial charge in [-0.2, -0.15) is 0 Å². The molecule has 0 aromatic rings. The molecule has 0 N–H and O–H groups in total. The minimum absolute atomic E-state index is 0.570. The van der Waals surface area contributed by atoms with Crippen LogP contribution in [0.2, 0.25) is 0 Å². The van der Waals surface area contributed by atoms with Crippen LogP contribution in [0.1, 0.15) is 318 Å². The molecule has 0 aromatic carbocycles. The summed E-state index contributed by atoms with van der Waals surface area (Å²) in [6.07, 6.45) is 45.1. The first-order chi connectivity index (χ1) is 37.1. The minimum atomic E-state index is 0.570. The highest BCUT2D eigenvalue weighted by molar-refractivity contribution is 5.13. The van der Waals surface area contributed by atoms with Crippen LogP contribution >= 0.6 is 0 Å². The summed E-state index contributed by atoms with van der Waals surface area (Å²) in [7, 11) is 0. The molecule has 17 saturated carbocycles. The Balaban J connectivity index is 0.000000107. The highest BCUT2D eigenvalue weighted by Gasteiger charge is 2.64. The monoisotopic (exact) mass is 1090 g/mol. The highest BCUT2D eigenvalue weighted by atomic mass is 14.7. The summed E-state index contributed by atoms with van der Waals surface area (Å²) in [4.78, 5) is 0. The van der Waals surface area contributed by atoms with Crippen LogP contribution in [0, 0.1) is 180 Å². The molecule has 79 heavy (non-hydrogen) atoms. The maximum Gasteiger partial charge on any atom is -0.0295 e. The normalized spacial score (nSPS) is 47.3. The van der Waals surface area contributed by atoms with Crippen LogP contribution < -0.4 is 0 Å². The van der Waals surface area contributed by atoms with E-state index in [0.29, 0.717) is 27.1 Å². The quantitative estimate of drug-likeness (QED) is 0.212. The van der Waals surface area contributed by atoms with E-state index in [1.165, 1.54) is 87.9 Å². The summed E-state index contributed by atoms with van der Waals surface area (Å²) in [6, 6.07) is 0. The van der Waals surface area contributed by atoms with Crippen molar-refractivity contribution in [2.24, 2.45) is 180 Å². The van der Waals surface area contributed by atoms with Gasteiger partial charge in [0.2, 0.25) is 0 Å². The van der Waals surface area contributed by atoms with Gasteiger partial charge in [-0.15, -0.1) is 0 Å². The van der Waals surface area contributed by atoms with Crippen LogP contribution in [0.25, 0.3) is 0 Å². The van der Waals surface area contributed by atoms with Crippen LogP contribution in [-0.2, 0) is 0 Å². The van der Waals surface area contributed by atoms with E-state index in [-0.39, 0.29) is 0 Å².